The number of nitrogens with one attached hydrogen (secondary N) is 1. The van der Waals surface area contributed by atoms with Crippen LogP contribution in [0.4, 0.5) is 0 Å². The van der Waals surface area contributed by atoms with Crippen molar-refractivity contribution in [2.24, 2.45) is 0 Å². The molecule has 2 rings (SSSR count). The third kappa shape index (κ3) is 4.03. The normalized spacial score (nSPS) is 11.1. The molecule has 0 saturated heterocycles. The number of amides is 1. The molecule has 0 saturated carbocycles. The van der Waals surface area contributed by atoms with E-state index in [1.807, 2.05) is 30.4 Å². The maximum Gasteiger partial charge on any atom is 0.216 e. The summed E-state index contributed by atoms with van der Waals surface area (Å²) >= 11 is 5.81. The van der Waals surface area contributed by atoms with E-state index < -0.39 is 0 Å². The van der Waals surface area contributed by atoms with Crippen molar-refractivity contribution in [3.8, 4) is 0 Å². The average molecular weight is 276 g/mol. The summed E-state index contributed by atoms with van der Waals surface area (Å²) < 4.78 is 0. The van der Waals surface area contributed by atoms with Crippen LogP contribution in [0.15, 0.2) is 30.5 Å². The fraction of sp³-hybridized carbons (Fsp3) is 0.214. The predicted molar refractivity (Wildman–Crippen MR) is 76.9 cm³/mol. The standard InChI is InChI=1S/C14H14ClN3O/c1-10(19)16-7-3-2-4-11-5-6-12-13(8-11)18-14(15)9-17-12/h2,4-6,8-9H,3,7H2,1H3,(H,16,19). The van der Waals surface area contributed by atoms with Crippen molar-refractivity contribution in [2.45, 2.75) is 13.3 Å². The minimum Gasteiger partial charge on any atom is -0.356 e. The van der Waals surface area contributed by atoms with E-state index in [-0.39, 0.29) is 5.91 Å². The molecule has 1 aromatic carbocycles. The highest BCUT2D eigenvalue weighted by Crippen LogP contribution is 2.15. The van der Waals surface area contributed by atoms with Crippen molar-refractivity contribution in [2.75, 3.05) is 6.54 Å². The number of nitrogens with zero attached hydrogens (tertiary/aromatic N) is 2. The molecule has 5 heteroatoms. The number of hydrogen-bond donors (Lipinski definition) is 1. The fourth-order valence-corrected chi connectivity index (χ4v) is 1.80. The van der Waals surface area contributed by atoms with Gasteiger partial charge in [0.25, 0.3) is 0 Å². The Labute approximate surface area is 116 Å². The minimum absolute atomic E-state index is 0.0102. The first-order valence-corrected chi connectivity index (χ1v) is 6.36. The van der Waals surface area contributed by atoms with Gasteiger partial charge in [0.2, 0.25) is 5.91 Å². The average Bonchev–Trinajstić information content (AvgIpc) is 2.37. The largest absolute Gasteiger partial charge is 0.356 e. The highest BCUT2D eigenvalue weighted by Gasteiger charge is 1.98. The Morgan fingerprint density at radius 2 is 2.26 bits per heavy atom. The second-order valence-corrected chi connectivity index (χ2v) is 4.50. The van der Waals surface area contributed by atoms with Gasteiger partial charge in [-0.2, -0.15) is 0 Å². The molecule has 1 aromatic heterocycles. The third-order valence-corrected chi connectivity index (χ3v) is 2.71. The molecule has 98 valence electrons. The number of fused-ring (bicyclic) bond motifs is 1. The Hall–Kier alpha value is -1.94. The highest BCUT2D eigenvalue weighted by atomic mass is 35.5. The number of halogens is 1. The smallest absolute Gasteiger partial charge is 0.216 e. The molecule has 0 bridgehead atoms. The minimum atomic E-state index is -0.0102. The predicted octanol–water partition coefficient (Wildman–Crippen LogP) is 2.82. The molecule has 1 N–H and O–H groups in total. The van der Waals surface area contributed by atoms with Crippen LogP contribution in [0, 0.1) is 0 Å². The molecule has 0 unspecified atom stereocenters. The molecular weight excluding hydrogens is 262 g/mol. The first-order valence-electron chi connectivity index (χ1n) is 5.98. The van der Waals surface area contributed by atoms with Gasteiger partial charge in [0.05, 0.1) is 17.2 Å². The van der Waals surface area contributed by atoms with Crippen molar-refractivity contribution in [1.82, 2.24) is 15.3 Å². The monoisotopic (exact) mass is 275 g/mol. The van der Waals surface area contributed by atoms with Crippen LogP contribution < -0.4 is 5.32 Å². The van der Waals surface area contributed by atoms with Crippen LogP contribution in [0.1, 0.15) is 18.9 Å². The molecule has 0 fully saturated rings. The van der Waals surface area contributed by atoms with Gasteiger partial charge in [-0.3, -0.25) is 9.78 Å². The van der Waals surface area contributed by atoms with Gasteiger partial charge in [0, 0.05) is 13.5 Å². The first-order chi connectivity index (χ1) is 9.15. The Kier molecular flexibility index (Phi) is 4.47. The molecular formula is C14H14ClN3O. The summed E-state index contributed by atoms with van der Waals surface area (Å²) in [6.45, 7) is 2.15. The van der Waals surface area contributed by atoms with Crippen LogP contribution in [-0.4, -0.2) is 22.4 Å². The zero-order valence-corrected chi connectivity index (χ0v) is 11.3. The Balaban J connectivity index is 2.04. The van der Waals surface area contributed by atoms with E-state index in [9.17, 15) is 4.79 Å². The first kappa shape index (κ1) is 13.5. The van der Waals surface area contributed by atoms with Crippen LogP contribution in [0.25, 0.3) is 17.1 Å². The SMILES string of the molecule is CC(=O)NCCC=Cc1ccc2ncc(Cl)nc2c1. The van der Waals surface area contributed by atoms with Crippen molar-refractivity contribution < 1.29 is 4.79 Å². The molecule has 0 aliphatic rings. The topological polar surface area (TPSA) is 54.9 Å². The zero-order chi connectivity index (χ0) is 13.7. The number of hydrogen-bond acceptors (Lipinski definition) is 3. The maximum absolute atomic E-state index is 10.7. The molecule has 0 radical (unpaired) electrons. The Morgan fingerprint density at radius 3 is 3.05 bits per heavy atom. The molecule has 0 aliphatic carbocycles. The van der Waals surface area contributed by atoms with Gasteiger partial charge in [0.1, 0.15) is 5.15 Å². The van der Waals surface area contributed by atoms with Crippen molar-refractivity contribution >= 4 is 34.6 Å². The van der Waals surface area contributed by atoms with E-state index in [0.717, 1.165) is 23.0 Å². The van der Waals surface area contributed by atoms with Crippen molar-refractivity contribution in [3.05, 3.63) is 41.2 Å². The zero-order valence-electron chi connectivity index (χ0n) is 10.6. The summed E-state index contributed by atoms with van der Waals surface area (Å²) in [5.74, 6) is -0.0102. The highest BCUT2D eigenvalue weighted by molar-refractivity contribution is 6.29. The lowest BCUT2D eigenvalue weighted by Gasteiger charge is -1.99. The second kappa shape index (κ2) is 6.29. The van der Waals surface area contributed by atoms with Crippen LogP contribution in [0.5, 0.6) is 0 Å². The Bertz CT molecular complexity index is 625. The number of benzene rings is 1. The molecule has 0 spiro atoms. The molecule has 0 aliphatic heterocycles. The second-order valence-electron chi connectivity index (χ2n) is 4.11. The van der Waals surface area contributed by atoms with E-state index in [0.29, 0.717) is 11.7 Å². The maximum atomic E-state index is 10.7. The van der Waals surface area contributed by atoms with Gasteiger partial charge in [-0.1, -0.05) is 29.8 Å². The van der Waals surface area contributed by atoms with Gasteiger partial charge in [-0.15, -0.1) is 0 Å². The van der Waals surface area contributed by atoms with E-state index in [2.05, 4.69) is 15.3 Å². The van der Waals surface area contributed by atoms with Gasteiger partial charge >= 0.3 is 0 Å². The lowest BCUT2D eigenvalue weighted by Crippen LogP contribution is -2.20. The van der Waals surface area contributed by atoms with E-state index in [4.69, 9.17) is 11.6 Å². The van der Waals surface area contributed by atoms with Gasteiger partial charge in [-0.05, 0) is 24.1 Å². The van der Waals surface area contributed by atoms with Crippen LogP contribution in [0.2, 0.25) is 5.15 Å². The van der Waals surface area contributed by atoms with Crippen molar-refractivity contribution in [1.29, 1.82) is 0 Å². The lowest BCUT2D eigenvalue weighted by molar-refractivity contribution is -0.118. The summed E-state index contributed by atoms with van der Waals surface area (Å²) in [6.07, 6.45) is 6.32. The number of aromatic nitrogens is 2. The molecule has 2 aromatic rings. The third-order valence-electron chi connectivity index (χ3n) is 2.53. The van der Waals surface area contributed by atoms with Gasteiger partial charge < -0.3 is 5.32 Å². The molecule has 1 amide bonds. The molecule has 0 atom stereocenters. The van der Waals surface area contributed by atoms with E-state index in [1.54, 1.807) is 0 Å². The Morgan fingerprint density at radius 1 is 1.42 bits per heavy atom. The summed E-state index contributed by atoms with van der Waals surface area (Å²) in [4.78, 5) is 19.1. The number of rotatable bonds is 4. The van der Waals surface area contributed by atoms with Crippen LogP contribution in [-0.2, 0) is 4.79 Å². The summed E-state index contributed by atoms with van der Waals surface area (Å²) in [6, 6.07) is 5.81. The number of carbonyl (C=O) groups is 1. The lowest BCUT2D eigenvalue weighted by atomic mass is 10.1. The molecule has 4 nitrogen and oxygen atoms in total. The summed E-state index contributed by atoms with van der Waals surface area (Å²) in [5, 5.41) is 3.13. The quantitative estimate of drug-likeness (QED) is 0.873. The van der Waals surface area contributed by atoms with Gasteiger partial charge in [-0.25, -0.2) is 4.98 Å². The van der Waals surface area contributed by atoms with Crippen molar-refractivity contribution in [3.63, 3.8) is 0 Å². The van der Waals surface area contributed by atoms with Crippen LogP contribution >= 0.6 is 11.6 Å². The van der Waals surface area contributed by atoms with E-state index >= 15 is 0 Å². The number of carbonyl (C=O) groups excluding carboxylic acids is 1. The fourth-order valence-electron chi connectivity index (χ4n) is 1.66. The summed E-state index contributed by atoms with van der Waals surface area (Å²) in [7, 11) is 0. The summed E-state index contributed by atoms with van der Waals surface area (Å²) in [5.41, 5.74) is 2.63. The molecule has 1 heterocycles. The molecule has 19 heavy (non-hydrogen) atoms. The van der Waals surface area contributed by atoms with Gasteiger partial charge in [0.15, 0.2) is 0 Å². The van der Waals surface area contributed by atoms with Crippen LogP contribution in [0.3, 0.4) is 0 Å². The van der Waals surface area contributed by atoms with E-state index in [1.165, 1.54) is 13.1 Å².